The molecule has 0 bridgehead atoms. The Hall–Kier alpha value is -2.66. The topological polar surface area (TPSA) is 52.7 Å². The zero-order valence-electron chi connectivity index (χ0n) is 14.9. The normalized spacial score (nSPS) is 23.3. The second-order valence-electron chi connectivity index (χ2n) is 7.11. The van der Waals surface area contributed by atoms with Crippen LogP contribution in [0.25, 0.3) is 0 Å². The Kier molecular flexibility index (Phi) is 4.47. The highest BCUT2D eigenvalue weighted by Crippen LogP contribution is 2.36. The van der Waals surface area contributed by atoms with Crippen LogP contribution in [0.15, 0.2) is 54.6 Å². The monoisotopic (exact) mass is 349 g/mol. The highest BCUT2D eigenvalue weighted by Gasteiger charge is 2.38. The number of nitrogens with one attached hydrogen (secondary N) is 1. The maximum atomic E-state index is 13.5. The molecule has 0 aliphatic carbocycles. The van der Waals surface area contributed by atoms with Gasteiger partial charge in [-0.1, -0.05) is 48.5 Å². The van der Waals surface area contributed by atoms with Crippen molar-refractivity contribution in [1.29, 1.82) is 0 Å². The molecule has 0 radical (unpaired) electrons. The van der Waals surface area contributed by atoms with Crippen molar-refractivity contribution < 1.29 is 9.59 Å². The zero-order chi connectivity index (χ0) is 18.1. The van der Waals surface area contributed by atoms with E-state index in [1.165, 1.54) is 0 Å². The molecule has 1 N–H and O–H groups in total. The Morgan fingerprint density at radius 2 is 1.77 bits per heavy atom. The van der Waals surface area contributed by atoms with E-state index >= 15 is 0 Å². The number of hydrogen-bond acceptors (Lipinski definition) is 3. The second kappa shape index (κ2) is 6.92. The number of hydrogen-bond donors (Lipinski definition) is 1. The Balaban J connectivity index is 1.67. The second-order valence-corrected chi connectivity index (χ2v) is 7.11. The highest BCUT2D eigenvalue weighted by molar-refractivity contribution is 6.01. The minimum Gasteiger partial charge on any atom is -0.333 e. The standard InChI is InChI=1S/C21H23N3O2/c1-23-11-12-24(19(14-23)15-7-3-2-4-8-15)21(26)17-13-20(25)22-18-10-6-5-9-16(17)18/h2-10,17,19H,11-14H2,1H3,(H,22,25). The summed E-state index contributed by atoms with van der Waals surface area (Å²) in [5, 5.41) is 2.88. The number of anilines is 1. The number of benzene rings is 2. The van der Waals surface area contributed by atoms with Crippen LogP contribution in [0, 0.1) is 0 Å². The van der Waals surface area contributed by atoms with E-state index in [2.05, 4.69) is 29.4 Å². The van der Waals surface area contributed by atoms with Gasteiger partial charge in [-0.15, -0.1) is 0 Å². The largest absolute Gasteiger partial charge is 0.333 e. The first-order valence-corrected chi connectivity index (χ1v) is 9.06. The van der Waals surface area contributed by atoms with Gasteiger partial charge in [-0.25, -0.2) is 0 Å². The molecule has 4 rings (SSSR count). The van der Waals surface area contributed by atoms with Crippen molar-refractivity contribution in [3.05, 3.63) is 65.7 Å². The van der Waals surface area contributed by atoms with Crippen molar-refractivity contribution in [2.45, 2.75) is 18.4 Å². The van der Waals surface area contributed by atoms with Gasteiger partial charge in [0.1, 0.15) is 0 Å². The molecule has 0 aromatic heterocycles. The molecule has 2 amide bonds. The highest BCUT2D eigenvalue weighted by atomic mass is 16.2. The van der Waals surface area contributed by atoms with Gasteiger partial charge in [0.25, 0.3) is 0 Å². The van der Waals surface area contributed by atoms with Gasteiger partial charge in [0, 0.05) is 31.7 Å². The van der Waals surface area contributed by atoms with Crippen molar-refractivity contribution in [2.24, 2.45) is 0 Å². The summed E-state index contributed by atoms with van der Waals surface area (Å²) in [5.74, 6) is -0.448. The van der Waals surface area contributed by atoms with Crippen LogP contribution in [0.2, 0.25) is 0 Å². The van der Waals surface area contributed by atoms with Gasteiger partial charge >= 0.3 is 0 Å². The van der Waals surface area contributed by atoms with E-state index < -0.39 is 5.92 Å². The number of amides is 2. The van der Waals surface area contributed by atoms with Crippen LogP contribution >= 0.6 is 0 Å². The quantitative estimate of drug-likeness (QED) is 0.907. The number of likely N-dealkylation sites (N-methyl/N-ethyl adjacent to an activating group) is 1. The summed E-state index contributed by atoms with van der Waals surface area (Å²) in [7, 11) is 2.08. The average molecular weight is 349 g/mol. The lowest BCUT2D eigenvalue weighted by molar-refractivity contribution is -0.139. The molecule has 26 heavy (non-hydrogen) atoms. The van der Waals surface area contributed by atoms with Crippen LogP contribution in [0.1, 0.15) is 29.5 Å². The van der Waals surface area contributed by atoms with Gasteiger partial charge in [-0.3, -0.25) is 9.59 Å². The molecule has 2 aromatic rings. The minimum absolute atomic E-state index is 0.0135. The third-order valence-electron chi connectivity index (χ3n) is 5.35. The summed E-state index contributed by atoms with van der Waals surface area (Å²) in [6.07, 6.45) is 0.212. The molecule has 2 atom stereocenters. The van der Waals surface area contributed by atoms with Crippen LogP contribution in [0.3, 0.4) is 0 Å². The fourth-order valence-corrected chi connectivity index (χ4v) is 3.98. The number of piperazine rings is 1. The molecular weight excluding hydrogens is 326 g/mol. The maximum Gasteiger partial charge on any atom is 0.231 e. The van der Waals surface area contributed by atoms with Crippen molar-refractivity contribution in [3.8, 4) is 0 Å². The molecule has 134 valence electrons. The Labute approximate surface area is 153 Å². The summed E-state index contributed by atoms with van der Waals surface area (Å²) in [6.45, 7) is 2.32. The van der Waals surface area contributed by atoms with Crippen molar-refractivity contribution in [1.82, 2.24) is 9.80 Å². The zero-order valence-corrected chi connectivity index (χ0v) is 14.9. The van der Waals surface area contributed by atoms with E-state index in [0.29, 0.717) is 6.54 Å². The van der Waals surface area contributed by atoms with Crippen LogP contribution < -0.4 is 5.32 Å². The maximum absolute atomic E-state index is 13.5. The number of nitrogens with zero attached hydrogens (tertiary/aromatic N) is 2. The fourth-order valence-electron chi connectivity index (χ4n) is 3.98. The summed E-state index contributed by atoms with van der Waals surface area (Å²) < 4.78 is 0. The Morgan fingerprint density at radius 3 is 2.58 bits per heavy atom. The van der Waals surface area contributed by atoms with E-state index in [1.807, 2.05) is 47.4 Å². The molecule has 2 aromatic carbocycles. The van der Waals surface area contributed by atoms with E-state index in [1.54, 1.807) is 0 Å². The van der Waals surface area contributed by atoms with Gasteiger partial charge in [0.15, 0.2) is 0 Å². The summed E-state index contributed by atoms with van der Waals surface area (Å²) in [4.78, 5) is 29.8. The van der Waals surface area contributed by atoms with Crippen LogP contribution in [-0.4, -0.2) is 48.3 Å². The fraction of sp³-hybridized carbons (Fsp3) is 0.333. The first kappa shape index (κ1) is 16.8. The molecule has 1 fully saturated rings. The smallest absolute Gasteiger partial charge is 0.231 e. The molecular formula is C21H23N3O2. The van der Waals surface area contributed by atoms with Crippen LogP contribution in [0.4, 0.5) is 5.69 Å². The Bertz CT molecular complexity index is 821. The summed E-state index contributed by atoms with van der Waals surface area (Å²) in [6, 6.07) is 17.8. The van der Waals surface area contributed by atoms with Gasteiger partial charge in [0.05, 0.1) is 12.0 Å². The van der Waals surface area contributed by atoms with Crippen molar-refractivity contribution in [3.63, 3.8) is 0 Å². The lowest BCUT2D eigenvalue weighted by Crippen LogP contribution is -2.51. The lowest BCUT2D eigenvalue weighted by atomic mass is 9.88. The molecule has 0 saturated carbocycles. The molecule has 1 saturated heterocycles. The van der Waals surface area contributed by atoms with Crippen LogP contribution in [0.5, 0.6) is 0 Å². The number of para-hydroxylation sites is 1. The Morgan fingerprint density at radius 1 is 1.04 bits per heavy atom. The van der Waals surface area contributed by atoms with Crippen molar-refractivity contribution >= 4 is 17.5 Å². The average Bonchev–Trinajstić information content (AvgIpc) is 2.67. The van der Waals surface area contributed by atoms with Gasteiger partial charge in [-0.05, 0) is 24.2 Å². The van der Waals surface area contributed by atoms with E-state index in [4.69, 9.17) is 0 Å². The van der Waals surface area contributed by atoms with Gasteiger partial charge < -0.3 is 15.1 Å². The SMILES string of the molecule is CN1CCN(C(=O)C2CC(=O)Nc3ccccc32)C(c2ccccc2)C1. The number of carbonyl (C=O) groups is 2. The number of carbonyl (C=O) groups excluding carboxylic acids is 2. The number of fused-ring (bicyclic) bond motifs is 1. The molecule has 0 spiro atoms. The van der Waals surface area contributed by atoms with Gasteiger partial charge in [-0.2, -0.15) is 0 Å². The van der Waals surface area contributed by atoms with Crippen molar-refractivity contribution in [2.75, 3.05) is 32.0 Å². The minimum atomic E-state index is -0.408. The summed E-state index contributed by atoms with van der Waals surface area (Å²) >= 11 is 0. The van der Waals surface area contributed by atoms with Gasteiger partial charge in [0.2, 0.25) is 11.8 Å². The molecule has 2 aliphatic heterocycles. The predicted octanol–water partition coefficient (Wildman–Crippen LogP) is 2.63. The van der Waals surface area contributed by atoms with Crippen LogP contribution in [-0.2, 0) is 9.59 Å². The number of rotatable bonds is 2. The van der Waals surface area contributed by atoms with E-state index in [9.17, 15) is 9.59 Å². The molecule has 5 nitrogen and oxygen atoms in total. The molecule has 2 heterocycles. The molecule has 2 aliphatic rings. The van der Waals surface area contributed by atoms with E-state index in [0.717, 1.165) is 29.9 Å². The predicted molar refractivity (Wildman–Crippen MR) is 101 cm³/mol. The first-order chi connectivity index (χ1) is 12.6. The third-order valence-corrected chi connectivity index (χ3v) is 5.35. The molecule has 2 unspecified atom stereocenters. The first-order valence-electron chi connectivity index (χ1n) is 9.06. The molecule has 5 heteroatoms. The van der Waals surface area contributed by atoms with E-state index in [-0.39, 0.29) is 24.3 Å². The summed E-state index contributed by atoms with van der Waals surface area (Å²) in [5.41, 5.74) is 2.82. The third kappa shape index (κ3) is 3.10. The lowest BCUT2D eigenvalue weighted by Gasteiger charge is -2.42.